The fraction of sp³-hybridized carbons (Fsp3) is 0. The lowest BCUT2D eigenvalue weighted by atomic mass is 9.99. The normalized spacial score (nSPS) is 12.1. The maximum absolute atomic E-state index is 6.48. The minimum atomic E-state index is 0.623. The number of aromatic nitrogens is 3. The van der Waals surface area contributed by atoms with Crippen LogP contribution in [-0.2, 0) is 0 Å². The van der Waals surface area contributed by atoms with Gasteiger partial charge in [0.25, 0.3) is 0 Å². The van der Waals surface area contributed by atoms with Gasteiger partial charge in [-0.15, -0.1) is 0 Å². The Balaban J connectivity index is 1.16. The van der Waals surface area contributed by atoms with Gasteiger partial charge in [0.2, 0.25) is 5.95 Å². The van der Waals surface area contributed by atoms with E-state index in [0.29, 0.717) is 5.95 Å². The van der Waals surface area contributed by atoms with Crippen molar-refractivity contribution >= 4 is 49.6 Å². The summed E-state index contributed by atoms with van der Waals surface area (Å²) < 4.78 is 8.72. The van der Waals surface area contributed by atoms with E-state index in [4.69, 9.17) is 14.7 Å². The van der Waals surface area contributed by atoms with Crippen molar-refractivity contribution in [3.05, 3.63) is 194 Å². The number of fused-ring (bicyclic) bond motifs is 7. The van der Waals surface area contributed by atoms with Crippen molar-refractivity contribution in [2.75, 3.05) is 4.90 Å². The molecule has 0 aliphatic carbocycles. The molecule has 10 aromatic rings. The van der Waals surface area contributed by atoms with Crippen molar-refractivity contribution < 1.29 is 4.74 Å². The number of hydrogen-bond acceptors (Lipinski definition) is 4. The van der Waals surface area contributed by atoms with Gasteiger partial charge >= 0.3 is 0 Å². The third kappa shape index (κ3) is 5.17. The van der Waals surface area contributed by atoms with Crippen LogP contribution < -0.4 is 9.64 Å². The van der Waals surface area contributed by atoms with Crippen molar-refractivity contribution in [2.24, 2.45) is 0 Å². The van der Waals surface area contributed by atoms with E-state index in [1.807, 2.05) is 30.3 Å². The lowest BCUT2D eigenvalue weighted by molar-refractivity contribution is 0.477. The standard InChI is InChI=1S/C50H32N4O/c1-4-15-34(16-5-1)41-32-42(35-17-6-2-7-18-35)52-50(51-41)54-44-28-25-33-14-10-11-21-39(33)49(44)40-27-24-36(30-45(40)54)37-26-29-48-46(31-37)53(38-19-8-3-9-20-38)43-22-12-13-23-47(43)55-48/h1-32H. The monoisotopic (exact) mass is 704 g/mol. The number of hydrogen-bond donors (Lipinski definition) is 0. The Morgan fingerprint density at radius 1 is 0.400 bits per heavy atom. The summed E-state index contributed by atoms with van der Waals surface area (Å²) in [4.78, 5) is 12.9. The van der Waals surface area contributed by atoms with Gasteiger partial charge in [-0.2, -0.15) is 0 Å². The Hall–Kier alpha value is -7.50. The van der Waals surface area contributed by atoms with Crippen LogP contribution in [0, 0.1) is 0 Å². The number of ether oxygens (including phenoxy) is 1. The van der Waals surface area contributed by atoms with E-state index in [9.17, 15) is 0 Å². The van der Waals surface area contributed by atoms with Crippen molar-refractivity contribution in [3.63, 3.8) is 0 Å². The molecule has 0 N–H and O–H groups in total. The first-order valence-electron chi connectivity index (χ1n) is 18.5. The van der Waals surface area contributed by atoms with Gasteiger partial charge in [0.1, 0.15) is 0 Å². The lowest BCUT2D eigenvalue weighted by Crippen LogP contribution is -2.15. The molecule has 1 aliphatic heterocycles. The Kier molecular flexibility index (Phi) is 7.10. The highest BCUT2D eigenvalue weighted by Crippen LogP contribution is 2.51. The highest BCUT2D eigenvalue weighted by Gasteiger charge is 2.26. The Bertz CT molecular complexity index is 3010. The van der Waals surface area contributed by atoms with Crippen molar-refractivity contribution in [3.8, 4) is 51.1 Å². The summed E-state index contributed by atoms with van der Waals surface area (Å²) in [5.74, 6) is 2.27. The Morgan fingerprint density at radius 2 is 1.02 bits per heavy atom. The molecule has 5 heteroatoms. The Morgan fingerprint density at radius 3 is 1.78 bits per heavy atom. The SMILES string of the molecule is c1ccc(-c2cc(-c3ccccc3)nc(-n3c4cc(-c5ccc6c(c5)N(c5ccccc5)c5ccccc5O6)ccc4c4c5ccccc5ccc43)n2)cc1. The van der Waals surface area contributed by atoms with E-state index in [1.54, 1.807) is 0 Å². The molecule has 0 spiro atoms. The number of anilines is 3. The molecule has 0 atom stereocenters. The molecule has 0 saturated heterocycles. The summed E-state index contributed by atoms with van der Waals surface area (Å²) in [6, 6.07) is 67.8. The third-order valence-electron chi connectivity index (χ3n) is 10.6. The summed E-state index contributed by atoms with van der Waals surface area (Å²) in [6.45, 7) is 0. The van der Waals surface area contributed by atoms with E-state index < -0.39 is 0 Å². The van der Waals surface area contributed by atoms with Crippen molar-refractivity contribution in [1.82, 2.24) is 14.5 Å². The summed E-state index contributed by atoms with van der Waals surface area (Å²) in [7, 11) is 0. The highest BCUT2D eigenvalue weighted by atomic mass is 16.5. The quantitative estimate of drug-likeness (QED) is 0.179. The zero-order chi connectivity index (χ0) is 36.3. The zero-order valence-corrected chi connectivity index (χ0v) is 29.7. The molecule has 0 bridgehead atoms. The minimum Gasteiger partial charge on any atom is -0.453 e. The van der Waals surface area contributed by atoms with Crippen LogP contribution in [0.25, 0.3) is 72.2 Å². The zero-order valence-electron chi connectivity index (χ0n) is 29.7. The van der Waals surface area contributed by atoms with Gasteiger partial charge in [0.05, 0.1) is 33.8 Å². The molecule has 258 valence electrons. The van der Waals surface area contributed by atoms with Crippen LogP contribution in [0.1, 0.15) is 0 Å². The molecule has 11 rings (SSSR count). The van der Waals surface area contributed by atoms with E-state index >= 15 is 0 Å². The molecule has 55 heavy (non-hydrogen) atoms. The second-order valence-electron chi connectivity index (χ2n) is 13.8. The molecule has 0 unspecified atom stereocenters. The first-order chi connectivity index (χ1) is 27.3. The van der Waals surface area contributed by atoms with Crippen LogP contribution >= 0.6 is 0 Å². The van der Waals surface area contributed by atoms with Gasteiger partial charge in [0.15, 0.2) is 11.5 Å². The fourth-order valence-electron chi connectivity index (χ4n) is 8.02. The topological polar surface area (TPSA) is 43.2 Å². The van der Waals surface area contributed by atoms with Crippen LogP contribution in [0.4, 0.5) is 17.1 Å². The minimum absolute atomic E-state index is 0.623. The van der Waals surface area contributed by atoms with Gasteiger partial charge in [-0.05, 0) is 76.5 Å². The number of nitrogens with zero attached hydrogens (tertiary/aromatic N) is 4. The third-order valence-corrected chi connectivity index (χ3v) is 10.6. The highest BCUT2D eigenvalue weighted by molar-refractivity contribution is 6.21. The Labute approximate surface area is 318 Å². The van der Waals surface area contributed by atoms with Crippen molar-refractivity contribution in [1.29, 1.82) is 0 Å². The molecule has 0 amide bonds. The maximum Gasteiger partial charge on any atom is 0.235 e. The molecule has 3 heterocycles. The molecule has 2 aromatic heterocycles. The maximum atomic E-state index is 6.48. The second kappa shape index (κ2) is 12.6. The van der Waals surface area contributed by atoms with Crippen molar-refractivity contribution in [2.45, 2.75) is 0 Å². The van der Waals surface area contributed by atoms with Gasteiger partial charge in [0, 0.05) is 27.6 Å². The van der Waals surface area contributed by atoms with E-state index in [-0.39, 0.29) is 0 Å². The van der Waals surface area contributed by atoms with Gasteiger partial charge in [-0.3, -0.25) is 4.57 Å². The average molecular weight is 705 g/mol. The second-order valence-corrected chi connectivity index (χ2v) is 13.8. The van der Waals surface area contributed by atoms with E-state index in [2.05, 4.69) is 173 Å². The van der Waals surface area contributed by atoms with Gasteiger partial charge < -0.3 is 9.64 Å². The first-order valence-corrected chi connectivity index (χ1v) is 18.5. The lowest BCUT2D eigenvalue weighted by Gasteiger charge is -2.33. The average Bonchev–Trinajstić information content (AvgIpc) is 3.60. The largest absolute Gasteiger partial charge is 0.453 e. The van der Waals surface area contributed by atoms with Crippen LogP contribution in [0.2, 0.25) is 0 Å². The van der Waals surface area contributed by atoms with Crippen LogP contribution in [0.15, 0.2) is 194 Å². The van der Waals surface area contributed by atoms with E-state index in [0.717, 1.165) is 78.6 Å². The molecular formula is C50H32N4O. The fourth-order valence-corrected chi connectivity index (χ4v) is 8.02. The molecule has 0 radical (unpaired) electrons. The molecular weight excluding hydrogens is 673 g/mol. The summed E-state index contributed by atoms with van der Waals surface area (Å²) in [6.07, 6.45) is 0. The smallest absolute Gasteiger partial charge is 0.235 e. The first kappa shape index (κ1) is 31.1. The molecule has 0 fully saturated rings. The van der Waals surface area contributed by atoms with Gasteiger partial charge in [-0.25, -0.2) is 9.97 Å². The van der Waals surface area contributed by atoms with E-state index in [1.165, 1.54) is 16.2 Å². The van der Waals surface area contributed by atoms with Gasteiger partial charge in [-0.1, -0.05) is 140 Å². The van der Waals surface area contributed by atoms with Crippen LogP contribution in [0.5, 0.6) is 11.5 Å². The van der Waals surface area contributed by atoms with Crippen LogP contribution in [-0.4, -0.2) is 14.5 Å². The molecule has 5 nitrogen and oxygen atoms in total. The predicted octanol–water partition coefficient (Wildman–Crippen LogP) is 13.3. The summed E-state index contributed by atoms with van der Waals surface area (Å²) in [5.41, 5.74) is 11.1. The number of para-hydroxylation sites is 3. The summed E-state index contributed by atoms with van der Waals surface area (Å²) in [5, 5.41) is 4.71. The molecule has 0 saturated carbocycles. The molecule has 1 aliphatic rings. The molecule has 8 aromatic carbocycles. The summed E-state index contributed by atoms with van der Waals surface area (Å²) >= 11 is 0. The number of rotatable bonds is 5. The predicted molar refractivity (Wildman–Crippen MR) is 225 cm³/mol. The van der Waals surface area contributed by atoms with Crippen LogP contribution in [0.3, 0.4) is 0 Å². The number of benzene rings is 8.